The summed E-state index contributed by atoms with van der Waals surface area (Å²) in [4.78, 5) is 19.8. The topological polar surface area (TPSA) is 65.7 Å². The van der Waals surface area contributed by atoms with E-state index in [2.05, 4.69) is 19.7 Å². The summed E-state index contributed by atoms with van der Waals surface area (Å²) in [5.74, 6) is -0.181. The fourth-order valence-electron chi connectivity index (χ4n) is 0.951. The number of esters is 1. The lowest BCUT2D eigenvalue weighted by atomic mass is 10.3. The summed E-state index contributed by atoms with van der Waals surface area (Å²) in [5.41, 5.74) is 0.0440. The summed E-state index contributed by atoms with van der Waals surface area (Å²) >= 11 is 0. The molecule has 0 aliphatic carbocycles. The Labute approximate surface area is 81.1 Å². The summed E-state index contributed by atoms with van der Waals surface area (Å²) in [6.45, 7) is 0. The molecule has 0 unspecified atom stereocenters. The Bertz CT molecular complexity index is 356. The van der Waals surface area contributed by atoms with Gasteiger partial charge in [0.05, 0.1) is 7.11 Å². The van der Waals surface area contributed by atoms with E-state index in [0.29, 0.717) is 5.82 Å². The number of oxime groups is 1. The standard InChI is InChI=1S/C8H11N3O3/c1-11-5-4-9-7(11)6(10-14-3)8(12)13-2/h4-5H,1-3H3/b10-6+. The van der Waals surface area contributed by atoms with Crippen molar-refractivity contribution in [3.63, 3.8) is 0 Å². The van der Waals surface area contributed by atoms with Crippen LogP contribution in [0.15, 0.2) is 17.5 Å². The fourth-order valence-corrected chi connectivity index (χ4v) is 0.951. The van der Waals surface area contributed by atoms with Crippen LogP contribution in [0.1, 0.15) is 5.82 Å². The van der Waals surface area contributed by atoms with Crippen molar-refractivity contribution in [2.24, 2.45) is 12.2 Å². The number of hydrogen-bond donors (Lipinski definition) is 0. The van der Waals surface area contributed by atoms with Gasteiger partial charge in [0.15, 0.2) is 5.82 Å². The number of imidazole rings is 1. The molecule has 1 rings (SSSR count). The number of carbonyl (C=O) groups excluding carboxylic acids is 1. The van der Waals surface area contributed by atoms with E-state index < -0.39 is 5.97 Å². The van der Waals surface area contributed by atoms with E-state index in [4.69, 9.17) is 0 Å². The largest absolute Gasteiger partial charge is 0.464 e. The third kappa shape index (κ3) is 1.90. The van der Waals surface area contributed by atoms with Crippen LogP contribution in [0, 0.1) is 0 Å². The van der Waals surface area contributed by atoms with Gasteiger partial charge in [-0.2, -0.15) is 0 Å². The van der Waals surface area contributed by atoms with Gasteiger partial charge in [0.25, 0.3) is 0 Å². The Morgan fingerprint density at radius 1 is 1.57 bits per heavy atom. The molecule has 0 radical (unpaired) electrons. The number of carbonyl (C=O) groups is 1. The molecule has 0 bridgehead atoms. The lowest BCUT2D eigenvalue weighted by Crippen LogP contribution is -2.21. The quantitative estimate of drug-likeness (QED) is 0.387. The van der Waals surface area contributed by atoms with Crippen molar-refractivity contribution in [3.8, 4) is 0 Å². The molecule has 1 aromatic heterocycles. The third-order valence-corrected chi connectivity index (χ3v) is 1.59. The molecule has 6 heteroatoms. The molecule has 0 amide bonds. The van der Waals surface area contributed by atoms with E-state index in [0.717, 1.165) is 0 Å². The second-order valence-corrected chi connectivity index (χ2v) is 2.48. The zero-order chi connectivity index (χ0) is 10.6. The van der Waals surface area contributed by atoms with Crippen molar-refractivity contribution in [2.75, 3.05) is 14.2 Å². The van der Waals surface area contributed by atoms with Gasteiger partial charge in [0.1, 0.15) is 7.11 Å². The molecule has 0 aliphatic heterocycles. The van der Waals surface area contributed by atoms with E-state index >= 15 is 0 Å². The molecule has 14 heavy (non-hydrogen) atoms. The van der Waals surface area contributed by atoms with Crippen LogP contribution in [0.5, 0.6) is 0 Å². The number of ether oxygens (including phenoxy) is 1. The number of hydrogen-bond acceptors (Lipinski definition) is 5. The molecule has 0 N–H and O–H groups in total. The van der Waals surface area contributed by atoms with Crippen molar-refractivity contribution in [3.05, 3.63) is 18.2 Å². The van der Waals surface area contributed by atoms with Gasteiger partial charge in [-0.25, -0.2) is 9.78 Å². The summed E-state index contributed by atoms with van der Waals surface area (Å²) in [6, 6.07) is 0. The first-order valence-electron chi connectivity index (χ1n) is 3.88. The Kier molecular flexibility index (Phi) is 3.22. The molecule has 1 aromatic rings. The molecule has 6 nitrogen and oxygen atoms in total. The van der Waals surface area contributed by atoms with Crippen LogP contribution in [-0.2, 0) is 21.4 Å². The smallest absolute Gasteiger partial charge is 0.364 e. The van der Waals surface area contributed by atoms with Crippen LogP contribution in [0.25, 0.3) is 0 Å². The van der Waals surface area contributed by atoms with Gasteiger partial charge in [-0.3, -0.25) is 0 Å². The van der Waals surface area contributed by atoms with Gasteiger partial charge in [0, 0.05) is 19.4 Å². The average Bonchev–Trinajstić information content (AvgIpc) is 2.60. The maximum Gasteiger partial charge on any atom is 0.364 e. The number of rotatable bonds is 3. The highest BCUT2D eigenvalue weighted by Gasteiger charge is 2.19. The lowest BCUT2D eigenvalue weighted by molar-refractivity contribution is -0.132. The van der Waals surface area contributed by atoms with Gasteiger partial charge in [-0.05, 0) is 0 Å². The highest BCUT2D eigenvalue weighted by molar-refractivity contribution is 6.42. The Balaban J connectivity index is 3.07. The number of methoxy groups -OCH3 is 1. The van der Waals surface area contributed by atoms with Crippen molar-refractivity contribution in [2.45, 2.75) is 0 Å². The molecule has 0 fully saturated rings. The van der Waals surface area contributed by atoms with Crippen LogP contribution in [0.2, 0.25) is 0 Å². The van der Waals surface area contributed by atoms with Gasteiger partial charge >= 0.3 is 5.97 Å². The van der Waals surface area contributed by atoms with Crippen molar-refractivity contribution < 1.29 is 14.4 Å². The molecular formula is C8H11N3O3. The average molecular weight is 197 g/mol. The first-order chi connectivity index (χ1) is 6.70. The number of aromatic nitrogens is 2. The summed E-state index contributed by atoms with van der Waals surface area (Å²) in [5, 5.41) is 3.56. The van der Waals surface area contributed by atoms with Crippen LogP contribution < -0.4 is 0 Å². The Morgan fingerprint density at radius 2 is 2.29 bits per heavy atom. The molecule has 0 aliphatic rings. The summed E-state index contributed by atoms with van der Waals surface area (Å²) in [7, 11) is 4.37. The minimum Gasteiger partial charge on any atom is -0.464 e. The zero-order valence-electron chi connectivity index (χ0n) is 8.22. The number of nitrogens with zero attached hydrogens (tertiary/aromatic N) is 3. The molecular weight excluding hydrogens is 186 g/mol. The second-order valence-electron chi connectivity index (χ2n) is 2.48. The molecule has 0 atom stereocenters. The maximum atomic E-state index is 11.3. The van der Waals surface area contributed by atoms with Crippen molar-refractivity contribution >= 4 is 11.7 Å². The highest BCUT2D eigenvalue weighted by atomic mass is 16.6. The zero-order valence-corrected chi connectivity index (χ0v) is 8.22. The van der Waals surface area contributed by atoms with E-state index in [1.54, 1.807) is 24.0 Å². The van der Waals surface area contributed by atoms with Crippen LogP contribution in [0.3, 0.4) is 0 Å². The minimum absolute atomic E-state index is 0.0440. The van der Waals surface area contributed by atoms with Gasteiger partial charge in [0.2, 0.25) is 5.71 Å². The van der Waals surface area contributed by atoms with E-state index in [1.807, 2.05) is 0 Å². The highest BCUT2D eigenvalue weighted by Crippen LogP contribution is 1.99. The van der Waals surface area contributed by atoms with Crippen molar-refractivity contribution in [1.29, 1.82) is 0 Å². The normalized spacial score (nSPS) is 11.2. The lowest BCUT2D eigenvalue weighted by Gasteiger charge is -2.02. The molecule has 0 aromatic carbocycles. The predicted molar refractivity (Wildman–Crippen MR) is 48.8 cm³/mol. The first kappa shape index (κ1) is 10.2. The van der Waals surface area contributed by atoms with E-state index in [9.17, 15) is 4.79 Å². The third-order valence-electron chi connectivity index (χ3n) is 1.59. The summed E-state index contributed by atoms with van der Waals surface area (Å²) in [6.07, 6.45) is 3.26. The number of aryl methyl sites for hydroxylation is 1. The van der Waals surface area contributed by atoms with Gasteiger partial charge in [-0.1, -0.05) is 5.16 Å². The van der Waals surface area contributed by atoms with Crippen molar-refractivity contribution in [1.82, 2.24) is 9.55 Å². The monoisotopic (exact) mass is 197 g/mol. The maximum absolute atomic E-state index is 11.3. The first-order valence-corrected chi connectivity index (χ1v) is 3.88. The van der Waals surface area contributed by atoms with E-state index in [1.165, 1.54) is 14.2 Å². The molecule has 0 spiro atoms. The SMILES string of the molecule is CO/N=C(/C(=O)OC)c1nccn1C. The summed E-state index contributed by atoms with van der Waals surface area (Å²) < 4.78 is 6.19. The second kappa shape index (κ2) is 4.40. The molecule has 0 saturated carbocycles. The minimum atomic E-state index is -0.582. The Hall–Kier alpha value is -1.85. The van der Waals surface area contributed by atoms with Crippen LogP contribution in [-0.4, -0.2) is 35.5 Å². The molecule has 76 valence electrons. The predicted octanol–water partition coefficient (Wildman–Crippen LogP) is -0.0564. The fraction of sp³-hybridized carbons (Fsp3) is 0.375. The van der Waals surface area contributed by atoms with Gasteiger partial charge < -0.3 is 14.1 Å². The molecule has 1 heterocycles. The van der Waals surface area contributed by atoms with Gasteiger partial charge in [-0.15, -0.1) is 0 Å². The van der Waals surface area contributed by atoms with E-state index in [-0.39, 0.29) is 5.71 Å². The van der Waals surface area contributed by atoms with Crippen LogP contribution >= 0.6 is 0 Å². The Morgan fingerprint density at radius 3 is 2.71 bits per heavy atom. The molecule has 0 saturated heterocycles. The van der Waals surface area contributed by atoms with Crippen LogP contribution in [0.4, 0.5) is 0 Å².